The molecule has 0 saturated heterocycles. The lowest BCUT2D eigenvalue weighted by atomic mass is 10.2. The van der Waals surface area contributed by atoms with Crippen molar-refractivity contribution in [1.29, 1.82) is 0 Å². The summed E-state index contributed by atoms with van der Waals surface area (Å²) in [6, 6.07) is 13.3. The molecule has 2 aromatic carbocycles. The SMILES string of the molecule is COCC(C)Nc1ccc(C(=O)O)cc1S(=O)(=O)NCCc1ccccc1. The van der Waals surface area contributed by atoms with E-state index in [-0.39, 0.29) is 23.0 Å². The zero-order valence-corrected chi connectivity index (χ0v) is 16.1. The summed E-state index contributed by atoms with van der Waals surface area (Å²) in [4.78, 5) is 11.2. The molecule has 0 heterocycles. The Labute approximate surface area is 159 Å². The van der Waals surface area contributed by atoms with Crippen molar-refractivity contribution in [2.75, 3.05) is 25.6 Å². The van der Waals surface area contributed by atoms with Crippen molar-refractivity contribution < 1.29 is 23.1 Å². The molecule has 2 rings (SSSR count). The van der Waals surface area contributed by atoms with Crippen molar-refractivity contribution >= 4 is 21.7 Å². The molecule has 0 aliphatic heterocycles. The Balaban J connectivity index is 2.23. The van der Waals surface area contributed by atoms with Gasteiger partial charge < -0.3 is 15.2 Å². The molecule has 7 nitrogen and oxygen atoms in total. The molecule has 27 heavy (non-hydrogen) atoms. The highest BCUT2D eigenvalue weighted by Crippen LogP contribution is 2.24. The lowest BCUT2D eigenvalue weighted by Crippen LogP contribution is -2.28. The first-order chi connectivity index (χ1) is 12.8. The van der Waals surface area contributed by atoms with Crippen molar-refractivity contribution in [3.63, 3.8) is 0 Å². The molecule has 2 aromatic rings. The number of carbonyl (C=O) groups is 1. The van der Waals surface area contributed by atoms with Crippen LogP contribution in [0.25, 0.3) is 0 Å². The van der Waals surface area contributed by atoms with E-state index in [0.717, 1.165) is 11.6 Å². The molecule has 1 unspecified atom stereocenters. The predicted molar refractivity (Wildman–Crippen MR) is 104 cm³/mol. The van der Waals surface area contributed by atoms with Gasteiger partial charge in [-0.05, 0) is 37.1 Å². The number of anilines is 1. The van der Waals surface area contributed by atoms with Gasteiger partial charge in [0.1, 0.15) is 4.90 Å². The molecular formula is C19H24N2O5S. The second-order valence-corrected chi connectivity index (χ2v) is 7.89. The van der Waals surface area contributed by atoms with Gasteiger partial charge >= 0.3 is 5.97 Å². The van der Waals surface area contributed by atoms with Gasteiger partial charge in [-0.2, -0.15) is 0 Å². The lowest BCUT2D eigenvalue weighted by Gasteiger charge is -2.18. The van der Waals surface area contributed by atoms with E-state index < -0.39 is 16.0 Å². The van der Waals surface area contributed by atoms with Crippen molar-refractivity contribution in [2.24, 2.45) is 0 Å². The maximum atomic E-state index is 12.8. The summed E-state index contributed by atoms with van der Waals surface area (Å²) >= 11 is 0. The molecule has 0 fully saturated rings. The van der Waals surface area contributed by atoms with E-state index in [4.69, 9.17) is 4.74 Å². The number of benzene rings is 2. The van der Waals surface area contributed by atoms with E-state index in [0.29, 0.717) is 18.7 Å². The lowest BCUT2D eigenvalue weighted by molar-refractivity contribution is 0.0696. The number of aromatic carboxylic acids is 1. The van der Waals surface area contributed by atoms with Gasteiger partial charge in [-0.1, -0.05) is 30.3 Å². The molecule has 0 radical (unpaired) electrons. The standard InChI is InChI=1S/C19H24N2O5S/c1-14(13-26-2)21-17-9-8-16(19(22)23)12-18(17)27(24,25)20-11-10-15-6-4-3-5-7-15/h3-9,12,14,20-21H,10-11,13H2,1-2H3,(H,22,23). The van der Waals surface area contributed by atoms with E-state index in [9.17, 15) is 18.3 Å². The molecule has 0 saturated carbocycles. The normalized spacial score (nSPS) is 12.5. The maximum Gasteiger partial charge on any atom is 0.335 e. The van der Waals surface area contributed by atoms with Gasteiger partial charge in [0, 0.05) is 19.7 Å². The van der Waals surface area contributed by atoms with Crippen LogP contribution in [0.2, 0.25) is 0 Å². The summed E-state index contributed by atoms with van der Waals surface area (Å²) in [5.41, 5.74) is 1.24. The van der Waals surface area contributed by atoms with Crippen LogP contribution in [0.1, 0.15) is 22.8 Å². The topological polar surface area (TPSA) is 105 Å². The molecule has 0 bridgehead atoms. The molecule has 1 atom stereocenters. The molecule has 0 aliphatic carbocycles. The fraction of sp³-hybridized carbons (Fsp3) is 0.316. The zero-order chi connectivity index (χ0) is 19.9. The number of rotatable bonds is 10. The monoisotopic (exact) mass is 392 g/mol. The first kappa shape index (κ1) is 20.9. The zero-order valence-electron chi connectivity index (χ0n) is 15.3. The quantitative estimate of drug-likeness (QED) is 0.573. The van der Waals surface area contributed by atoms with Crippen LogP contribution in [0.5, 0.6) is 0 Å². The minimum absolute atomic E-state index is 0.0941. The Bertz CT molecular complexity index is 869. The highest BCUT2D eigenvalue weighted by atomic mass is 32.2. The van der Waals surface area contributed by atoms with Crippen LogP contribution in [-0.2, 0) is 21.2 Å². The van der Waals surface area contributed by atoms with Crippen LogP contribution in [0, 0.1) is 0 Å². The van der Waals surface area contributed by atoms with Gasteiger partial charge in [0.2, 0.25) is 10.0 Å². The summed E-state index contributed by atoms with van der Waals surface area (Å²) in [5.74, 6) is -1.19. The van der Waals surface area contributed by atoms with Gasteiger partial charge in [-0.3, -0.25) is 0 Å². The number of carboxylic acid groups (broad SMARTS) is 1. The first-order valence-electron chi connectivity index (χ1n) is 8.50. The van der Waals surface area contributed by atoms with Crippen LogP contribution in [0.4, 0.5) is 5.69 Å². The van der Waals surface area contributed by atoms with Crippen LogP contribution in [0.15, 0.2) is 53.4 Å². The van der Waals surface area contributed by atoms with Crippen LogP contribution in [-0.4, -0.2) is 45.8 Å². The second-order valence-electron chi connectivity index (χ2n) is 6.15. The Morgan fingerprint density at radius 2 is 1.89 bits per heavy atom. The third-order valence-electron chi connectivity index (χ3n) is 3.89. The molecule has 3 N–H and O–H groups in total. The van der Waals surface area contributed by atoms with E-state index in [1.807, 2.05) is 37.3 Å². The minimum Gasteiger partial charge on any atom is -0.478 e. The second kappa shape index (κ2) is 9.50. The summed E-state index contributed by atoms with van der Waals surface area (Å²) in [5, 5.41) is 12.3. The maximum absolute atomic E-state index is 12.8. The summed E-state index contributed by atoms with van der Waals surface area (Å²) in [6.07, 6.45) is 0.529. The average molecular weight is 392 g/mol. The number of nitrogens with one attached hydrogen (secondary N) is 2. The smallest absolute Gasteiger partial charge is 0.335 e. The Hall–Kier alpha value is -2.42. The largest absolute Gasteiger partial charge is 0.478 e. The first-order valence-corrected chi connectivity index (χ1v) is 9.98. The number of methoxy groups -OCH3 is 1. The van der Waals surface area contributed by atoms with Crippen molar-refractivity contribution in [3.05, 3.63) is 59.7 Å². The molecular weight excluding hydrogens is 368 g/mol. The summed E-state index contributed by atoms with van der Waals surface area (Å²) in [7, 11) is -2.34. The number of carboxylic acids is 1. The van der Waals surface area contributed by atoms with Crippen LogP contribution >= 0.6 is 0 Å². The number of ether oxygens (including phenoxy) is 1. The minimum atomic E-state index is -3.89. The van der Waals surface area contributed by atoms with Crippen LogP contribution in [0.3, 0.4) is 0 Å². The number of sulfonamides is 1. The molecule has 0 spiro atoms. The molecule has 8 heteroatoms. The Morgan fingerprint density at radius 3 is 2.52 bits per heavy atom. The average Bonchev–Trinajstić information content (AvgIpc) is 2.62. The van der Waals surface area contributed by atoms with E-state index in [1.54, 1.807) is 7.11 Å². The van der Waals surface area contributed by atoms with Crippen LogP contribution < -0.4 is 10.0 Å². The summed E-state index contributed by atoms with van der Waals surface area (Å²) < 4.78 is 33.2. The highest BCUT2D eigenvalue weighted by Gasteiger charge is 2.21. The predicted octanol–water partition coefficient (Wildman–Crippen LogP) is 2.35. The van der Waals surface area contributed by atoms with Gasteiger partial charge in [0.05, 0.1) is 17.9 Å². The Kier molecular flexibility index (Phi) is 7.35. The molecule has 0 amide bonds. The van der Waals surface area contributed by atoms with Gasteiger partial charge in [0.15, 0.2) is 0 Å². The highest BCUT2D eigenvalue weighted by molar-refractivity contribution is 7.89. The van der Waals surface area contributed by atoms with Gasteiger partial charge in [-0.15, -0.1) is 0 Å². The van der Waals surface area contributed by atoms with Gasteiger partial charge in [-0.25, -0.2) is 17.9 Å². The Morgan fingerprint density at radius 1 is 1.19 bits per heavy atom. The molecule has 0 aromatic heterocycles. The third kappa shape index (κ3) is 6.06. The van der Waals surface area contributed by atoms with Crippen molar-refractivity contribution in [1.82, 2.24) is 4.72 Å². The number of hydrogen-bond donors (Lipinski definition) is 3. The van der Waals surface area contributed by atoms with E-state index in [2.05, 4.69) is 10.0 Å². The van der Waals surface area contributed by atoms with Crippen molar-refractivity contribution in [3.8, 4) is 0 Å². The molecule has 146 valence electrons. The fourth-order valence-electron chi connectivity index (χ4n) is 2.61. The molecule has 0 aliphatic rings. The van der Waals surface area contributed by atoms with Crippen molar-refractivity contribution in [2.45, 2.75) is 24.3 Å². The fourth-order valence-corrected chi connectivity index (χ4v) is 3.83. The third-order valence-corrected chi connectivity index (χ3v) is 5.39. The van der Waals surface area contributed by atoms with Gasteiger partial charge in [0.25, 0.3) is 0 Å². The van der Waals surface area contributed by atoms with E-state index >= 15 is 0 Å². The number of hydrogen-bond acceptors (Lipinski definition) is 5. The van der Waals surface area contributed by atoms with E-state index in [1.165, 1.54) is 12.1 Å². The summed E-state index contributed by atoms with van der Waals surface area (Å²) in [6.45, 7) is 2.42.